The molecule has 0 fully saturated rings. The SMILES string of the molecule is C=CC(=O)OCCOCCOCCCCC. The first-order valence-corrected chi connectivity index (χ1v) is 5.76. The second-order valence-corrected chi connectivity index (χ2v) is 3.30. The van der Waals surface area contributed by atoms with E-state index in [-0.39, 0.29) is 6.61 Å². The molecule has 0 aliphatic carbocycles. The smallest absolute Gasteiger partial charge is 0.330 e. The minimum absolute atomic E-state index is 0.265. The standard InChI is InChI=1S/C12H22O4/c1-3-5-6-7-14-8-9-15-10-11-16-12(13)4-2/h4H,2-3,5-11H2,1H3. The van der Waals surface area contributed by atoms with Gasteiger partial charge in [0.15, 0.2) is 0 Å². The van der Waals surface area contributed by atoms with Crippen LogP contribution in [-0.2, 0) is 19.0 Å². The Balaban J connectivity index is 2.98. The van der Waals surface area contributed by atoms with E-state index in [1.54, 1.807) is 0 Å². The van der Waals surface area contributed by atoms with Crippen molar-refractivity contribution in [3.05, 3.63) is 12.7 Å². The van der Waals surface area contributed by atoms with E-state index >= 15 is 0 Å². The average Bonchev–Trinajstić information content (AvgIpc) is 2.31. The van der Waals surface area contributed by atoms with Crippen molar-refractivity contribution in [2.45, 2.75) is 26.2 Å². The predicted molar refractivity (Wildman–Crippen MR) is 62.3 cm³/mol. The quantitative estimate of drug-likeness (QED) is 0.309. The van der Waals surface area contributed by atoms with Gasteiger partial charge in [-0.05, 0) is 6.42 Å². The summed E-state index contributed by atoms with van der Waals surface area (Å²) in [7, 11) is 0. The molecule has 16 heavy (non-hydrogen) atoms. The highest BCUT2D eigenvalue weighted by Gasteiger charge is 1.95. The van der Waals surface area contributed by atoms with Gasteiger partial charge in [-0.1, -0.05) is 26.3 Å². The van der Waals surface area contributed by atoms with E-state index in [0.29, 0.717) is 19.8 Å². The maximum atomic E-state index is 10.6. The molecule has 0 saturated heterocycles. The van der Waals surface area contributed by atoms with Crippen molar-refractivity contribution in [2.24, 2.45) is 0 Å². The Labute approximate surface area is 97.6 Å². The van der Waals surface area contributed by atoms with Gasteiger partial charge in [0, 0.05) is 12.7 Å². The van der Waals surface area contributed by atoms with Gasteiger partial charge in [-0.25, -0.2) is 4.79 Å². The first-order valence-electron chi connectivity index (χ1n) is 5.76. The summed E-state index contributed by atoms with van der Waals surface area (Å²) in [6, 6.07) is 0. The van der Waals surface area contributed by atoms with E-state index in [2.05, 4.69) is 13.5 Å². The minimum Gasteiger partial charge on any atom is -0.460 e. The van der Waals surface area contributed by atoms with Gasteiger partial charge in [0.25, 0.3) is 0 Å². The molecule has 4 heteroatoms. The molecule has 0 amide bonds. The molecule has 0 aromatic rings. The molecule has 0 aromatic heterocycles. The van der Waals surface area contributed by atoms with Gasteiger partial charge in [-0.2, -0.15) is 0 Å². The van der Waals surface area contributed by atoms with E-state index < -0.39 is 5.97 Å². The first-order chi connectivity index (χ1) is 7.81. The van der Waals surface area contributed by atoms with Crippen LogP contribution in [0.2, 0.25) is 0 Å². The van der Waals surface area contributed by atoms with Crippen molar-refractivity contribution in [3.63, 3.8) is 0 Å². The fourth-order valence-electron chi connectivity index (χ4n) is 1.04. The van der Waals surface area contributed by atoms with E-state index in [0.717, 1.165) is 19.1 Å². The molecule has 0 unspecified atom stereocenters. The van der Waals surface area contributed by atoms with Crippen molar-refractivity contribution in [3.8, 4) is 0 Å². The lowest BCUT2D eigenvalue weighted by molar-refractivity contribution is -0.139. The van der Waals surface area contributed by atoms with Crippen molar-refractivity contribution in [1.82, 2.24) is 0 Å². The summed E-state index contributed by atoms with van der Waals surface area (Å²) >= 11 is 0. The van der Waals surface area contributed by atoms with Crippen LogP contribution in [0.4, 0.5) is 0 Å². The lowest BCUT2D eigenvalue weighted by atomic mass is 10.3. The highest BCUT2D eigenvalue weighted by atomic mass is 16.6. The second kappa shape index (κ2) is 12.2. The molecule has 0 N–H and O–H groups in total. The third kappa shape index (κ3) is 11.2. The molecule has 0 spiro atoms. The highest BCUT2D eigenvalue weighted by molar-refractivity contribution is 5.81. The maximum Gasteiger partial charge on any atom is 0.330 e. The van der Waals surface area contributed by atoms with Crippen molar-refractivity contribution >= 4 is 5.97 Å². The van der Waals surface area contributed by atoms with Gasteiger partial charge in [-0.3, -0.25) is 0 Å². The molecule has 4 nitrogen and oxygen atoms in total. The normalized spacial score (nSPS) is 10.1. The zero-order valence-electron chi connectivity index (χ0n) is 10.1. The van der Waals surface area contributed by atoms with Crippen LogP contribution >= 0.6 is 0 Å². The number of hydrogen-bond donors (Lipinski definition) is 0. The fraction of sp³-hybridized carbons (Fsp3) is 0.750. The summed E-state index contributed by atoms with van der Waals surface area (Å²) in [5, 5.41) is 0. The number of esters is 1. The number of rotatable bonds is 11. The summed E-state index contributed by atoms with van der Waals surface area (Å²) in [6.45, 7) is 8.04. The molecule has 0 radical (unpaired) electrons. The number of hydrogen-bond acceptors (Lipinski definition) is 4. The maximum absolute atomic E-state index is 10.6. The first kappa shape index (κ1) is 15.1. The van der Waals surface area contributed by atoms with Gasteiger partial charge in [0.05, 0.1) is 19.8 Å². The van der Waals surface area contributed by atoms with Gasteiger partial charge < -0.3 is 14.2 Å². The largest absolute Gasteiger partial charge is 0.460 e. The van der Waals surface area contributed by atoms with E-state index in [4.69, 9.17) is 14.2 Å². The lowest BCUT2D eigenvalue weighted by Gasteiger charge is -2.05. The summed E-state index contributed by atoms with van der Waals surface area (Å²) in [5.74, 6) is -0.417. The number of unbranched alkanes of at least 4 members (excludes halogenated alkanes) is 2. The van der Waals surface area contributed by atoms with Crippen LogP contribution in [0.1, 0.15) is 26.2 Å². The Bertz CT molecular complexity index is 180. The Kier molecular flexibility index (Phi) is 11.5. The Hall–Kier alpha value is -0.870. The Morgan fingerprint density at radius 2 is 1.69 bits per heavy atom. The summed E-state index contributed by atoms with van der Waals surface area (Å²) in [6.07, 6.45) is 4.65. The van der Waals surface area contributed by atoms with E-state index in [1.807, 2.05) is 0 Å². The van der Waals surface area contributed by atoms with Crippen LogP contribution in [0.25, 0.3) is 0 Å². The fourth-order valence-corrected chi connectivity index (χ4v) is 1.04. The molecule has 0 aliphatic heterocycles. The Morgan fingerprint density at radius 1 is 1.06 bits per heavy atom. The average molecular weight is 230 g/mol. The topological polar surface area (TPSA) is 44.8 Å². The number of carbonyl (C=O) groups excluding carboxylic acids is 1. The molecule has 94 valence electrons. The summed E-state index contributed by atoms with van der Waals surface area (Å²) in [5.41, 5.74) is 0. The van der Waals surface area contributed by atoms with Gasteiger partial charge in [-0.15, -0.1) is 0 Å². The second-order valence-electron chi connectivity index (χ2n) is 3.30. The van der Waals surface area contributed by atoms with E-state index in [1.165, 1.54) is 12.8 Å². The van der Waals surface area contributed by atoms with Crippen molar-refractivity contribution in [2.75, 3.05) is 33.0 Å². The summed E-state index contributed by atoms with van der Waals surface area (Å²) in [4.78, 5) is 10.6. The molecular formula is C12H22O4. The van der Waals surface area contributed by atoms with E-state index in [9.17, 15) is 4.79 Å². The molecule has 0 saturated carbocycles. The molecule has 0 heterocycles. The van der Waals surface area contributed by atoms with Crippen LogP contribution in [0.3, 0.4) is 0 Å². The third-order valence-corrected chi connectivity index (χ3v) is 1.90. The lowest BCUT2D eigenvalue weighted by Crippen LogP contribution is -2.11. The van der Waals surface area contributed by atoms with Crippen LogP contribution in [0.15, 0.2) is 12.7 Å². The van der Waals surface area contributed by atoms with Crippen molar-refractivity contribution in [1.29, 1.82) is 0 Å². The van der Waals surface area contributed by atoms with Crippen LogP contribution in [0, 0.1) is 0 Å². The third-order valence-electron chi connectivity index (χ3n) is 1.90. The van der Waals surface area contributed by atoms with Crippen LogP contribution in [0.5, 0.6) is 0 Å². The highest BCUT2D eigenvalue weighted by Crippen LogP contribution is 1.93. The zero-order chi connectivity index (χ0) is 12.1. The molecule has 0 rings (SSSR count). The van der Waals surface area contributed by atoms with Gasteiger partial charge in [0.2, 0.25) is 0 Å². The van der Waals surface area contributed by atoms with Crippen LogP contribution in [-0.4, -0.2) is 39.0 Å². The molecule has 0 atom stereocenters. The Morgan fingerprint density at radius 3 is 2.31 bits per heavy atom. The predicted octanol–water partition coefficient (Wildman–Crippen LogP) is 1.94. The van der Waals surface area contributed by atoms with Gasteiger partial charge in [0.1, 0.15) is 6.61 Å². The van der Waals surface area contributed by atoms with Crippen LogP contribution < -0.4 is 0 Å². The minimum atomic E-state index is -0.417. The molecule has 0 aromatic carbocycles. The molecule has 0 bridgehead atoms. The number of carbonyl (C=O) groups is 1. The van der Waals surface area contributed by atoms with Gasteiger partial charge >= 0.3 is 5.97 Å². The van der Waals surface area contributed by atoms with Crippen molar-refractivity contribution < 1.29 is 19.0 Å². The zero-order valence-corrected chi connectivity index (χ0v) is 10.1. The number of ether oxygens (including phenoxy) is 3. The monoisotopic (exact) mass is 230 g/mol. The molecule has 0 aliphatic rings. The molecular weight excluding hydrogens is 208 g/mol. The summed E-state index contributed by atoms with van der Waals surface area (Å²) < 4.78 is 15.3.